The molecule has 0 spiro atoms. The summed E-state index contributed by atoms with van der Waals surface area (Å²) in [7, 11) is 0. The van der Waals surface area contributed by atoms with Crippen molar-refractivity contribution in [1.82, 2.24) is 4.57 Å². The Morgan fingerprint density at radius 2 is 1.79 bits per heavy atom. The first-order valence-electron chi connectivity index (χ1n) is 12.6. The largest absolute Gasteiger partial charge is 0.457 e. The fourth-order valence-corrected chi connectivity index (χ4v) is 6.67. The van der Waals surface area contributed by atoms with Gasteiger partial charge in [0.05, 0.1) is 16.3 Å². The van der Waals surface area contributed by atoms with Crippen molar-refractivity contribution in [3.8, 4) is 11.3 Å². The summed E-state index contributed by atoms with van der Waals surface area (Å²) in [6.45, 7) is 2.02. The van der Waals surface area contributed by atoms with Crippen LogP contribution in [0.15, 0.2) is 105 Å². The Kier molecular flexibility index (Phi) is 5.57. The molecule has 0 bridgehead atoms. The molecule has 0 saturated carbocycles. The van der Waals surface area contributed by atoms with Crippen LogP contribution in [0.1, 0.15) is 40.5 Å². The van der Waals surface area contributed by atoms with E-state index in [1.165, 1.54) is 28.0 Å². The first-order valence-corrected chi connectivity index (χ1v) is 13.8. The number of furan rings is 1. The van der Waals surface area contributed by atoms with Gasteiger partial charge in [-0.3, -0.25) is 9.36 Å². The van der Waals surface area contributed by atoms with Gasteiger partial charge in [0.1, 0.15) is 11.5 Å². The van der Waals surface area contributed by atoms with Crippen molar-refractivity contribution in [3.63, 3.8) is 0 Å². The molecule has 186 valence electrons. The summed E-state index contributed by atoms with van der Waals surface area (Å²) in [5.41, 5.74) is 7.73. The average Bonchev–Trinajstić information content (AvgIpc) is 3.53. The predicted octanol–water partition coefficient (Wildman–Crippen LogP) is 6.54. The van der Waals surface area contributed by atoms with Crippen molar-refractivity contribution in [2.24, 2.45) is 4.99 Å². The van der Waals surface area contributed by atoms with Gasteiger partial charge in [0, 0.05) is 22.2 Å². The Hall–Kier alpha value is -3.93. The molecule has 2 aliphatic rings. The minimum absolute atomic E-state index is 0.0510. The van der Waals surface area contributed by atoms with Crippen molar-refractivity contribution < 1.29 is 4.42 Å². The molecular weight excluding hydrogens is 512 g/mol. The minimum Gasteiger partial charge on any atom is -0.457 e. The van der Waals surface area contributed by atoms with E-state index in [2.05, 4.69) is 36.4 Å². The molecule has 6 heteroatoms. The number of rotatable bonds is 3. The van der Waals surface area contributed by atoms with Crippen molar-refractivity contribution in [1.29, 1.82) is 0 Å². The summed E-state index contributed by atoms with van der Waals surface area (Å²) in [6.07, 6.45) is 3.64. The van der Waals surface area contributed by atoms with Crippen LogP contribution in [0.3, 0.4) is 0 Å². The number of thiazole rings is 1. The van der Waals surface area contributed by atoms with Gasteiger partial charge in [-0.05, 0) is 66.3 Å². The molecule has 3 heterocycles. The molecular formula is C32H23ClN2O2S. The number of benzene rings is 3. The standard InChI is InChI=1S/C32H23ClN2O2S/c1-19-11-13-22(33)17-26(19)27-16-14-23(37-27)18-28-31(36)35-30(21-8-3-2-4-9-21)25-15-12-20-7-5-6-10-24(20)29(25)34-32(35)38-28/h2-11,13-14,16-18,30H,12,15H2,1H3/b28-18-/t30-/m0/s1. The predicted molar refractivity (Wildman–Crippen MR) is 153 cm³/mol. The molecule has 1 aliphatic heterocycles. The van der Waals surface area contributed by atoms with Crippen LogP contribution in [-0.2, 0) is 6.42 Å². The van der Waals surface area contributed by atoms with Crippen LogP contribution >= 0.6 is 22.9 Å². The van der Waals surface area contributed by atoms with Gasteiger partial charge in [-0.15, -0.1) is 0 Å². The molecule has 4 nitrogen and oxygen atoms in total. The zero-order valence-corrected chi connectivity index (χ0v) is 22.2. The zero-order chi connectivity index (χ0) is 25.8. The van der Waals surface area contributed by atoms with Crippen LogP contribution in [0.2, 0.25) is 5.02 Å². The highest BCUT2D eigenvalue weighted by molar-refractivity contribution is 7.07. The molecule has 0 unspecified atom stereocenters. The Morgan fingerprint density at radius 1 is 0.974 bits per heavy atom. The van der Waals surface area contributed by atoms with E-state index in [0.717, 1.165) is 41.0 Å². The third kappa shape index (κ3) is 3.82. The van der Waals surface area contributed by atoms with Crippen LogP contribution in [-0.4, -0.2) is 4.57 Å². The number of aromatic nitrogens is 1. The Balaban J connectivity index is 1.40. The van der Waals surface area contributed by atoms with E-state index in [9.17, 15) is 4.79 Å². The maximum absolute atomic E-state index is 13.9. The second kappa shape index (κ2) is 9.12. The molecule has 1 atom stereocenters. The maximum Gasteiger partial charge on any atom is 0.271 e. The van der Waals surface area contributed by atoms with Crippen molar-refractivity contribution >= 4 is 34.7 Å². The fourth-order valence-electron chi connectivity index (χ4n) is 5.52. The zero-order valence-electron chi connectivity index (χ0n) is 20.6. The molecule has 0 saturated heterocycles. The SMILES string of the molecule is Cc1ccc(Cl)cc1-c1ccc(/C=c2\sc3n(c2=O)[C@@H](c2ccccc2)C2=C(N=3)c3ccccc3CC2)o1. The summed E-state index contributed by atoms with van der Waals surface area (Å²) < 4.78 is 8.62. The molecule has 38 heavy (non-hydrogen) atoms. The highest BCUT2D eigenvalue weighted by atomic mass is 35.5. The molecule has 2 aromatic heterocycles. The molecule has 0 fully saturated rings. The molecule has 0 amide bonds. The summed E-state index contributed by atoms with van der Waals surface area (Å²) in [5.74, 6) is 1.34. The lowest BCUT2D eigenvalue weighted by Gasteiger charge is -2.30. The van der Waals surface area contributed by atoms with Gasteiger partial charge in [0.2, 0.25) is 0 Å². The van der Waals surface area contributed by atoms with Crippen LogP contribution < -0.4 is 14.9 Å². The summed E-state index contributed by atoms with van der Waals surface area (Å²) in [5, 5.41) is 0.656. The van der Waals surface area contributed by atoms with Crippen LogP contribution in [0.4, 0.5) is 0 Å². The van der Waals surface area contributed by atoms with Gasteiger partial charge in [-0.1, -0.05) is 83.6 Å². The van der Waals surface area contributed by atoms with E-state index >= 15 is 0 Å². The molecule has 3 aromatic carbocycles. The van der Waals surface area contributed by atoms with E-state index in [1.54, 1.807) is 0 Å². The van der Waals surface area contributed by atoms with E-state index in [-0.39, 0.29) is 11.6 Å². The van der Waals surface area contributed by atoms with Crippen molar-refractivity contribution in [2.45, 2.75) is 25.8 Å². The number of halogens is 1. The second-order valence-electron chi connectivity index (χ2n) is 9.69. The lowest BCUT2D eigenvalue weighted by molar-refractivity contribution is 0.570. The molecule has 7 rings (SSSR count). The molecule has 1 aliphatic carbocycles. The number of allylic oxidation sites excluding steroid dienone is 1. The normalized spacial score (nSPS) is 16.6. The Labute approximate surface area is 228 Å². The van der Waals surface area contributed by atoms with Gasteiger partial charge in [0.15, 0.2) is 4.80 Å². The Bertz CT molecular complexity index is 1930. The van der Waals surface area contributed by atoms with Crippen LogP contribution in [0.25, 0.3) is 23.1 Å². The van der Waals surface area contributed by atoms with Crippen LogP contribution in [0, 0.1) is 6.92 Å². The lowest BCUT2D eigenvalue weighted by Crippen LogP contribution is -2.38. The van der Waals surface area contributed by atoms with Gasteiger partial charge in [-0.25, -0.2) is 4.99 Å². The molecule has 0 radical (unpaired) electrons. The Morgan fingerprint density at radius 3 is 2.66 bits per heavy atom. The van der Waals surface area contributed by atoms with Crippen molar-refractivity contribution in [2.75, 3.05) is 0 Å². The lowest BCUT2D eigenvalue weighted by atomic mass is 9.83. The first-order chi connectivity index (χ1) is 18.6. The van der Waals surface area contributed by atoms with Gasteiger partial charge in [-0.2, -0.15) is 0 Å². The number of hydrogen-bond acceptors (Lipinski definition) is 4. The summed E-state index contributed by atoms with van der Waals surface area (Å²) in [6, 6.07) is 28.1. The van der Waals surface area contributed by atoms with Gasteiger partial charge >= 0.3 is 0 Å². The first kappa shape index (κ1) is 23.2. The van der Waals surface area contributed by atoms with Crippen molar-refractivity contribution in [3.05, 3.63) is 143 Å². The third-order valence-electron chi connectivity index (χ3n) is 7.35. The summed E-state index contributed by atoms with van der Waals surface area (Å²) in [4.78, 5) is 19.7. The number of fused-ring (bicyclic) bond motifs is 3. The van der Waals surface area contributed by atoms with Crippen LogP contribution in [0.5, 0.6) is 0 Å². The maximum atomic E-state index is 13.9. The van der Waals surface area contributed by atoms with Gasteiger partial charge in [0.25, 0.3) is 5.56 Å². The number of aryl methyl sites for hydroxylation is 2. The number of nitrogens with zero attached hydrogens (tertiary/aromatic N) is 2. The average molecular weight is 535 g/mol. The summed E-state index contributed by atoms with van der Waals surface area (Å²) >= 11 is 7.63. The molecule has 5 aromatic rings. The fraction of sp³-hybridized carbons (Fsp3) is 0.125. The third-order valence-corrected chi connectivity index (χ3v) is 8.57. The van der Waals surface area contributed by atoms with E-state index < -0.39 is 0 Å². The monoisotopic (exact) mass is 534 g/mol. The molecule has 0 N–H and O–H groups in total. The quantitative estimate of drug-likeness (QED) is 0.264. The topological polar surface area (TPSA) is 47.5 Å². The van der Waals surface area contributed by atoms with E-state index in [1.807, 2.05) is 66.1 Å². The number of hydrogen-bond donors (Lipinski definition) is 0. The second-order valence-corrected chi connectivity index (χ2v) is 11.1. The highest BCUT2D eigenvalue weighted by Crippen LogP contribution is 2.41. The van der Waals surface area contributed by atoms with E-state index in [4.69, 9.17) is 21.0 Å². The smallest absolute Gasteiger partial charge is 0.271 e. The highest BCUT2D eigenvalue weighted by Gasteiger charge is 2.32. The van der Waals surface area contributed by atoms with Gasteiger partial charge < -0.3 is 4.42 Å². The minimum atomic E-state index is -0.181. The van der Waals surface area contributed by atoms with E-state index in [0.29, 0.717) is 20.1 Å².